The van der Waals surface area contributed by atoms with Crippen molar-refractivity contribution in [3.8, 4) is 5.75 Å². The number of nitrogens with zero attached hydrogens (tertiary/aromatic N) is 2. The first-order valence-corrected chi connectivity index (χ1v) is 6.55. The van der Waals surface area contributed by atoms with Crippen molar-refractivity contribution in [3.05, 3.63) is 47.2 Å². The van der Waals surface area contributed by atoms with Crippen molar-refractivity contribution in [1.29, 1.82) is 0 Å². The molecular weight excluding hydrogens is 262 g/mol. The van der Waals surface area contributed by atoms with Crippen LogP contribution in [0.15, 0.2) is 35.8 Å². The van der Waals surface area contributed by atoms with Crippen LogP contribution in [0.3, 0.4) is 0 Å². The van der Waals surface area contributed by atoms with E-state index in [1.807, 2.05) is 16.7 Å². The summed E-state index contributed by atoms with van der Waals surface area (Å²) in [5.41, 5.74) is 1.94. The summed E-state index contributed by atoms with van der Waals surface area (Å²) < 4.78 is 1.88. The van der Waals surface area contributed by atoms with Gasteiger partial charge in [-0.1, -0.05) is 6.07 Å². The molecule has 0 aliphatic heterocycles. The average molecular weight is 273 g/mol. The van der Waals surface area contributed by atoms with Gasteiger partial charge in [0, 0.05) is 29.0 Å². The molecule has 0 aliphatic rings. The molecule has 0 spiro atoms. The van der Waals surface area contributed by atoms with Gasteiger partial charge in [-0.05, 0) is 19.1 Å². The predicted octanol–water partition coefficient (Wildman–Crippen LogP) is 2.66. The lowest BCUT2D eigenvalue weighted by atomic mass is 10.3. The molecule has 0 saturated carbocycles. The van der Waals surface area contributed by atoms with E-state index in [-0.39, 0.29) is 11.7 Å². The van der Waals surface area contributed by atoms with E-state index < -0.39 is 0 Å². The number of carbonyl (C=O) groups is 1. The number of imidazole rings is 1. The Labute approximate surface area is 113 Å². The van der Waals surface area contributed by atoms with Gasteiger partial charge in [-0.15, -0.1) is 11.3 Å². The van der Waals surface area contributed by atoms with Crippen LogP contribution >= 0.6 is 11.3 Å². The third-order valence-corrected chi connectivity index (χ3v) is 3.68. The average Bonchev–Trinajstić information content (AvgIpc) is 2.92. The number of benzene rings is 1. The highest BCUT2D eigenvalue weighted by Crippen LogP contribution is 2.18. The molecule has 0 saturated heterocycles. The van der Waals surface area contributed by atoms with Gasteiger partial charge in [-0.3, -0.25) is 9.20 Å². The van der Waals surface area contributed by atoms with Gasteiger partial charge in [-0.2, -0.15) is 0 Å². The second-order valence-electron chi connectivity index (χ2n) is 4.16. The predicted molar refractivity (Wildman–Crippen MR) is 73.9 cm³/mol. The highest BCUT2D eigenvalue weighted by molar-refractivity contribution is 7.15. The Kier molecular flexibility index (Phi) is 2.72. The number of fused-ring (bicyclic) bond motifs is 1. The molecule has 19 heavy (non-hydrogen) atoms. The summed E-state index contributed by atoms with van der Waals surface area (Å²) >= 11 is 1.49. The van der Waals surface area contributed by atoms with Gasteiger partial charge < -0.3 is 10.4 Å². The number of thiazole rings is 1. The maximum atomic E-state index is 12.0. The molecule has 5 nitrogen and oxygen atoms in total. The van der Waals surface area contributed by atoms with Gasteiger partial charge in [0.15, 0.2) is 4.96 Å². The molecule has 96 valence electrons. The normalized spacial score (nSPS) is 10.8. The number of rotatable bonds is 2. The summed E-state index contributed by atoms with van der Waals surface area (Å²) in [5.74, 6) is -0.180. The quantitative estimate of drug-likeness (QED) is 0.754. The Morgan fingerprint density at radius 3 is 3.05 bits per heavy atom. The number of phenols is 1. The van der Waals surface area contributed by atoms with Crippen LogP contribution in [0.1, 0.15) is 16.2 Å². The van der Waals surface area contributed by atoms with Crippen molar-refractivity contribution in [2.24, 2.45) is 0 Å². The van der Waals surface area contributed by atoms with Crippen LogP contribution in [-0.2, 0) is 0 Å². The van der Waals surface area contributed by atoms with Gasteiger partial charge >= 0.3 is 0 Å². The Morgan fingerprint density at radius 1 is 1.47 bits per heavy atom. The van der Waals surface area contributed by atoms with E-state index in [4.69, 9.17) is 0 Å². The molecule has 6 heteroatoms. The fourth-order valence-corrected chi connectivity index (χ4v) is 2.63. The van der Waals surface area contributed by atoms with E-state index in [0.29, 0.717) is 11.4 Å². The van der Waals surface area contributed by atoms with Crippen molar-refractivity contribution in [1.82, 2.24) is 9.38 Å². The Balaban J connectivity index is 1.87. The van der Waals surface area contributed by atoms with Crippen LogP contribution in [0.5, 0.6) is 5.75 Å². The number of nitrogens with one attached hydrogen (secondary N) is 1. The number of hydrogen-bond acceptors (Lipinski definition) is 4. The van der Waals surface area contributed by atoms with E-state index in [9.17, 15) is 9.90 Å². The summed E-state index contributed by atoms with van der Waals surface area (Å²) in [6.07, 6.45) is 1.71. The zero-order valence-electron chi connectivity index (χ0n) is 10.1. The van der Waals surface area contributed by atoms with Gasteiger partial charge in [0.25, 0.3) is 5.91 Å². The summed E-state index contributed by atoms with van der Waals surface area (Å²) in [5, 5.41) is 14.0. The van der Waals surface area contributed by atoms with Crippen molar-refractivity contribution in [3.63, 3.8) is 0 Å². The maximum absolute atomic E-state index is 12.0. The summed E-state index contributed by atoms with van der Waals surface area (Å²) in [7, 11) is 0. The topological polar surface area (TPSA) is 66.6 Å². The molecule has 3 aromatic rings. The fraction of sp³-hybridized carbons (Fsp3) is 0.0769. The fourth-order valence-electron chi connectivity index (χ4n) is 1.78. The molecule has 1 amide bonds. The summed E-state index contributed by atoms with van der Waals surface area (Å²) in [6.45, 7) is 1.96. The molecule has 2 heterocycles. The molecule has 3 rings (SSSR count). The van der Waals surface area contributed by atoms with Crippen LogP contribution in [0.4, 0.5) is 5.69 Å². The number of aromatic nitrogens is 2. The van der Waals surface area contributed by atoms with Crippen LogP contribution in [-0.4, -0.2) is 20.4 Å². The Bertz CT molecular complexity index is 760. The molecule has 0 atom stereocenters. The first kappa shape index (κ1) is 11.7. The van der Waals surface area contributed by atoms with E-state index in [1.165, 1.54) is 17.4 Å². The van der Waals surface area contributed by atoms with Crippen molar-refractivity contribution >= 4 is 27.9 Å². The minimum atomic E-state index is -0.291. The number of amides is 1. The first-order valence-electron chi connectivity index (χ1n) is 5.67. The Hall–Kier alpha value is -2.34. The molecule has 0 aliphatic carbocycles. The van der Waals surface area contributed by atoms with E-state index >= 15 is 0 Å². The number of anilines is 1. The van der Waals surface area contributed by atoms with Crippen LogP contribution in [0.2, 0.25) is 0 Å². The Morgan fingerprint density at radius 2 is 2.32 bits per heavy atom. The second kappa shape index (κ2) is 4.40. The van der Waals surface area contributed by atoms with Gasteiger partial charge in [0.1, 0.15) is 11.4 Å². The standard InChI is InChI=1S/C13H11N3O2S/c1-8-7-19-13-15-11(6-16(8)13)12(18)14-9-3-2-4-10(17)5-9/h2-7,17H,1H3,(H,14,18). The lowest BCUT2D eigenvalue weighted by Crippen LogP contribution is -2.12. The number of aryl methyl sites for hydroxylation is 1. The van der Waals surface area contributed by atoms with Crippen LogP contribution in [0.25, 0.3) is 4.96 Å². The van der Waals surface area contributed by atoms with E-state index in [2.05, 4.69) is 10.3 Å². The largest absolute Gasteiger partial charge is 0.508 e. The number of hydrogen-bond donors (Lipinski definition) is 2. The van der Waals surface area contributed by atoms with Crippen LogP contribution in [0, 0.1) is 6.92 Å². The van der Waals surface area contributed by atoms with Crippen molar-refractivity contribution in [2.75, 3.05) is 5.32 Å². The van der Waals surface area contributed by atoms with Crippen LogP contribution < -0.4 is 5.32 Å². The molecule has 0 fully saturated rings. The number of carbonyl (C=O) groups excluding carboxylic acids is 1. The first-order chi connectivity index (χ1) is 9.13. The minimum absolute atomic E-state index is 0.111. The maximum Gasteiger partial charge on any atom is 0.275 e. The minimum Gasteiger partial charge on any atom is -0.508 e. The van der Waals surface area contributed by atoms with E-state index in [1.54, 1.807) is 24.4 Å². The third-order valence-electron chi connectivity index (χ3n) is 2.73. The third kappa shape index (κ3) is 2.17. The van der Waals surface area contributed by atoms with Gasteiger partial charge in [0.05, 0.1) is 0 Å². The van der Waals surface area contributed by atoms with Crippen molar-refractivity contribution in [2.45, 2.75) is 6.92 Å². The molecule has 1 aromatic carbocycles. The van der Waals surface area contributed by atoms with Gasteiger partial charge in [0.2, 0.25) is 0 Å². The monoisotopic (exact) mass is 273 g/mol. The molecular formula is C13H11N3O2S. The zero-order chi connectivity index (χ0) is 13.4. The number of aromatic hydroxyl groups is 1. The molecule has 0 unspecified atom stereocenters. The molecule has 2 N–H and O–H groups in total. The second-order valence-corrected chi connectivity index (χ2v) is 5.00. The summed E-state index contributed by atoms with van der Waals surface area (Å²) in [6, 6.07) is 6.41. The highest BCUT2D eigenvalue weighted by Gasteiger charge is 2.13. The lowest BCUT2D eigenvalue weighted by Gasteiger charge is -2.02. The van der Waals surface area contributed by atoms with Gasteiger partial charge in [-0.25, -0.2) is 4.98 Å². The lowest BCUT2D eigenvalue weighted by molar-refractivity contribution is 0.102. The SMILES string of the molecule is Cc1csc2nc(C(=O)Nc3cccc(O)c3)cn12. The van der Waals surface area contributed by atoms with Crippen molar-refractivity contribution < 1.29 is 9.90 Å². The smallest absolute Gasteiger partial charge is 0.275 e. The molecule has 0 radical (unpaired) electrons. The number of phenolic OH excluding ortho intramolecular Hbond substituents is 1. The zero-order valence-corrected chi connectivity index (χ0v) is 10.9. The van der Waals surface area contributed by atoms with E-state index in [0.717, 1.165) is 10.7 Å². The highest BCUT2D eigenvalue weighted by atomic mass is 32.1. The molecule has 0 bridgehead atoms. The molecule has 2 aromatic heterocycles. The summed E-state index contributed by atoms with van der Waals surface area (Å²) in [4.78, 5) is 17.1.